The normalized spacial score (nSPS) is 13.4. The predicted octanol–water partition coefficient (Wildman–Crippen LogP) is 3.85. The first-order chi connectivity index (χ1) is 9.92. The zero-order valence-corrected chi connectivity index (χ0v) is 10.9. The van der Waals surface area contributed by atoms with Gasteiger partial charge in [-0.05, 0) is 35.7 Å². The smallest absolute Gasteiger partial charge is 0.137 e. The summed E-state index contributed by atoms with van der Waals surface area (Å²) in [5.74, 6) is 0.923. The van der Waals surface area contributed by atoms with E-state index in [0.717, 1.165) is 23.3 Å². The third kappa shape index (κ3) is 1.75. The van der Waals surface area contributed by atoms with Crippen LogP contribution in [0.1, 0.15) is 17.5 Å². The SMILES string of the molecule is C1=Cc2cnc(-n3ccc4ccncc43)cc2C=CC1. The first-order valence-electron chi connectivity index (χ1n) is 6.66. The van der Waals surface area contributed by atoms with Crippen molar-refractivity contribution in [1.29, 1.82) is 0 Å². The molecule has 0 atom stereocenters. The Morgan fingerprint density at radius 3 is 2.85 bits per heavy atom. The summed E-state index contributed by atoms with van der Waals surface area (Å²) in [5, 5.41) is 1.17. The summed E-state index contributed by atoms with van der Waals surface area (Å²) in [6, 6.07) is 6.21. The summed E-state index contributed by atoms with van der Waals surface area (Å²) in [6.07, 6.45) is 17.2. The third-order valence-corrected chi connectivity index (χ3v) is 3.56. The fourth-order valence-electron chi connectivity index (χ4n) is 2.53. The lowest BCUT2D eigenvalue weighted by Gasteiger charge is -2.07. The molecule has 0 unspecified atom stereocenters. The highest BCUT2D eigenvalue weighted by molar-refractivity contribution is 5.81. The topological polar surface area (TPSA) is 30.7 Å². The molecule has 4 rings (SSSR count). The van der Waals surface area contributed by atoms with E-state index in [0.29, 0.717) is 0 Å². The van der Waals surface area contributed by atoms with E-state index in [1.807, 2.05) is 30.9 Å². The van der Waals surface area contributed by atoms with Gasteiger partial charge in [-0.25, -0.2) is 4.98 Å². The highest BCUT2D eigenvalue weighted by Crippen LogP contribution is 2.22. The first kappa shape index (κ1) is 11.2. The quantitative estimate of drug-likeness (QED) is 0.664. The van der Waals surface area contributed by atoms with E-state index in [1.54, 1.807) is 0 Å². The van der Waals surface area contributed by atoms with Crippen molar-refractivity contribution >= 4 is 23.1 Å². The fourth-order valence-corrected chi connectivity index (χ4v) is 2.53. The Bertz CT molecular complexity index is 840. The molecule has 0 radical (unpaired) electrons. The molecule has 3 aromatic rings. The van der Waals surface area contributed by atoms with Gasteiger partial charge in [0.2, 0.25) is 0 Å². The van der Waals surface area contributed by atoms with Gasteiger partial charge >= 0.3 is 0 Å². The molecule has 96 valence electrons. The van der Waals surface area contributed by atoms with Gasteiger partial charge in [-0.1, -0.05) is 24.3 Å². The molecular weight excluding hydrogens is 246 g/mol. The lowest BCUT2D eigenvalue weighted by Crippen LogP contribution is -1.97. The molecule has 3 heteroatoms. The van der Waals surface area contributed by atoms with Crippen LogP contribution < -0.4 is 0 Å². The van der Waals surface area contributed by atoms with Crippen LogP contribution in [0.3, 0.4) is 0 Å². The maximum atomic E-state index is 4.58. The van der Waals surface area contributed by atoms with E-state index in [1.165, 1.54) is 10.9 Å². The maximum Gasteiger partial charge on any atom is 0.137 e. The van der Waals surface area contributed by atoms with E-state index < -0.39 is 0 Å². The molecule has 0 fully saturated rings. The summed E-state index contributed by atoms with van der Waals surface area (Å²) in [4.78, 5) is 8.78. The molecule has 20 heavy (non-hydrogen) atoms. The van der Waals surface area contributed by atoms with E-state index in [9.17, 15) is 0 Å². The monoisotopic (exact) mass is 259 g/mol. The molecule has 1 aliphatic carbocycles. The van der Waals surface area contributed by atoms with Crippen molar-refractivity contribution in [1.82, 2.24) is 14.5 Å². The van der Waals surface area contributed by atoms with Crippen LogP contribution in [-0.4, -0.2) is 14.5 Å². The molecule has 0 aromatic carbocycles. The summed E-state index contributed by atoms with van der Waals surface area (Å²) in [7, 11) is 0. The molecule has 3 heterocycles. The first-order valence-corrected chi connectivity index (χ1v) is 6.66. The maximum absolute atomic E-state index is 4.58. The van der Waals surface area contributed by atoms with Crippen LogP contribution in [0, 0.1) is 0 Å². The van der Waals surface area contributed by atoms with Crippen LogP contribution in [0.15, 0.2) is 55.1 Å². The number of hydrogen-bond acceptors (Lipinski definition) is 2. The van der Waals surface area contributed by atoms with Gasteiger partial charge in [0, 0.05) is 24.0 Å². The summed E-state index contributed by atoms with van der Waals surface area (Å²) >= 11 is 0. The van der Waals surface area contributed by atoms with Gasteiger partial charge < -0.3 is 0 Å². The van der Waals surface area contributed by atoms with Crippen LogP contribution in [0.25, 0.3) is 28.9 Å². The minimum absolute atomic E-state index is 0.923. The van der Waals surface area contributed by atoms with Gasteiger partial charge in [0.1, 0.15) is 5.82 Å². The van der Waals surface area contributed by atoms with Gasteiger partial charge in [-0.15, -0.1) is 0 Å². The van der Waals surface area contributed by atoms with Crippen LogP contribution in [0.2, 0.25) is 0 Å². The molecule has 0 aliphatic heterocycles. The third-order valence-electron chi connectivity index (χ3n) is 3.56. The van der Waals surface area contributed by atoms with Gasteiger partial charge in [-0.3, -0.25) is 9.55 Å². The molecule has 0 saturated carbocycles. The molecule has 0 saturated heterocycles. The van der Waals surface area contributed by atoms with Crippen LogP contribution in [-0.2, 0) is 0 Å². The number of nitrogens with zero attached hydrogens (tertiary/aromatic N) is 3. The van der Waals surface area contributed by atoms with Crippen molar-refractivity contribution in [2.24, 2.45) is 0 Å². The highest BCUT2D eigenvalue weighted by Gasteiger charge is 2.07. The van der Waals surface area contributed by atoms with Crippen molar-refractivity contribution in [2.75, 3.05) is 0 Å². The van der Waals surface area contributed by atoms with Gasteiger partial charge in [0.05, 0.1) is 11.7 Å². The lowest BCUT2D eigenvalue weighted by atomic mass is 10.1. The largest absolute Gasteiger partial charge is 0.300 e. The Morgan fingerprint density at radius 1 is 1.00 bits per heavy atom. The fraction of sp³-hybridized carbons (Fsp3) is 0.0588. The standard InChI is InChI=1S/C17H13N3/c1-2-4-14-10-17(19-11-15(14)5-3-1)20-9-7-13-6-8-18-12-16(13)20/h2-12H,1H2. The molecule has 0 N–H and O–H groups in total. The Morgan fingerprint density at radius 2 is 1.90 bits per heavy atom. The van der Waals surface area contributed by atoms with E-state index in [2.05, 4.69) is 51.0 Å². The number of hydrogen-bond donors (Lipinski definition) is 0. The number of rotatable bonds is 1. The number of aromatic nitrogens is 3. The second-order valence-electron chi connectivity index (χ2n) is 4.83. The molecule has 0 amide bonds. The molecule has 0 bridgehead atoms. The summed E-state index contributed by atoms with van der Waals surface area (Å²) in [5.41, 5.74) is 3.44. The second kappa shape index (κ2) is 4.46. The zero-order valence-electron chi connectivity index (χ0n) is 10.9. The van der Waals surface area contributed by atoms with Crippen molar-refractivity contribution in [3.63, 3.8) is 0 Å². The summed E-state index contributed by atoms with van der Waals surface area (Å²) in [6.45, 7) is 0. The lowest BCUT2D eigenvalue weighted by molar-refractivity contribution is 1.04. The van der Waals surface area contributed by atoms with Crippen molar-refractivity contribution in [3.05, 3.63) is 66.3 Å². The molecule has 3 aromatic heterocycles. The number of pyridine rings is 2. The zero-order chi connectivity index (χ0) is 13.4. The van der Waals surface area contributed by atoms with Crippen molar-refractivity contribution in [3.8, 4) is 5.82 Å². The number of fused-ring (bicyclic) bond motifs is 2. The average molecular weight is 259 g/mol. The molecule has 1 aliphatic rings. The number of allylic oxidation sites excluding steroid dienone is 2. The minimum atomic E-state index is 0.923. The van der Waals surface area contributed by atoms with Gasteiger partial charge in [0.25, 0.3) is 0 Å². The summed E-state index contributed by atoms with van der Waals surface area (Å²) < 4.78 is 2.07. The minimum Gasteiger partial charge on any atom is -0.300 e. The second-order valence-corrected chi connectivity index (χ2v) is 4.83. The molecular formula is C17H13N3. The molecule has 0 spiro atoms. The Labute approximate surface area is 116 Å². The Kier molecular flexibility index (Phi) is 2.49. The van der Waals surface area contributed by atoms with Crippen LogP contribution >= 0.6 is 0 Å². The Hall–Kier alpha value is -2.68. The van der Waals surface area contributed by atoms with E-state index in [4.69, 9.17) is 0 Å². The Balaban J connectivity index is 1.91. The predicted molar refractivity (Wildman–Crippen MR) is 81.6 cm³/mol. The van der Waals surface area contributed by atoms with Crippen LogP contribution in [0.5, 0.6) is 0 Å². The highest BCUT2D eigenvalue weighted by atomic mass is 15.1. The van der Waals surface area contributed by atoms with Gasteiger partial charge in [0.15, 0.2) is 0 Å². The van der Waals surface area contributed by atoms with E-state index in [-0.39, 0.29) is 0 Å². The van der Waals surface area contributed by atoms with Crippen LogP contribution in [0.4, 0.5) is 0 Å². The van der Waals surface area contributed by atoms with Gasteiger partial charge in [-0.2, -0.15) is 0 Å². The average Bonchev–Trinajstić information content (AvgIpc) is 2.78. The van der Waals surface area contributed by atoms with Crippen molar-refractivity contribution in [2.45, 2.75) is 6.42 Å². The van der Waals surface area contributed by atoms with E-state index >= 15 is 0 Å². The molecule has 3 nitrogen and oxygen atoms in total. The van der Waals surface area contributed by atoms with Crippen molar-refractivity contribution < 1.29 is 0 Å².